The third-order valence-corrected chi connectivity index (χ3v) is 2.88. The van der Waals surface area contributed by atoms with Crippen LogP contribution in [0.2, 0.25) is 0 Å². The van der Waals surface area contributed by atoms with Crippen molar-refractivity contribution in [2.45, 2.75) is 13.8 Å². The smallest absolute Gasteiger partial charge is 0.127 e. The van der Waals surface area contributed by atoms with E-state index < -0.39 is 0 Å². The lowest BCUT2D eigenvalue weighted by Gasteiger charge is -2.09. The molecule has 0 bridgehead atoms. The molecule has 0 atom stereocenters. The third-order valence-electron chi connectivity index (χ3n) is 2.88. The summed E-state index contributed by atoms with van der Waals surface area (Å²) < 4.78 is 18.9. The summed E-state index contributed by atoms with van der Waals surface area (Å²) in [5.41, 5.74) is 3.58. The molecule has 0 saturated carbocycles. The lowest BCUT2D eigenvalue weighted by molar-refractivity contribution is 0.338. The summed E-state index contributed by atoms with van der Waals surface area (Å²) in [5.74, 6) is 0.241. The van der Waals surface area contributed by atoms with Gasteiger partial charge in [-0.2, -0.15) is 0 Å². The second kappa shape index (κ2) is 5.65. The van der Waals surface area contributed by atoms with E-state index in [1.165, 1.54) is 12.1 Å². The second-order valence-electron chi connectivity index (χ2n) is 4.27. The van der Waals surface area contributed by atoms with Crippen molar-refractivity contribution in [2.24, 2.45) is 4.99 Å². The number of halogens is 1. The molecule has 2 nitrogen and oxygen atoms in total. The summed E-state index contributed by atoms with van der Waals surface area (Å²) in [4.78, 5) is 3.92. The summed E-state index contributed by atoms with van der Waals surface area (Å²) in [6.45, 7) is 7.86. The van der Waals surface area contributed by atoms with E-state index in [0.717, 1.165) is 22.4 Å². The maximum absolute atomic E-state index is 13.6. The zero-order chi connectivity index (χ0) is 13.8. The molecule has 2 rings (SSSR count). The van der Waals surface area contributed by atoms with Gasteiger partial charge in [0.2, 0.25) is 0 Å². The van der Waals surface area contributed by atoms with E-state index in [-0.39, 0.29) is 5.82 Å². The Labute approximate surface area is 112 Å². The van der Waals surface area contributed by atoms with Crippen LogP contribution in [-0.2, 0) is 0 Å². The first-order chi connectivity index (χ1) is 9.13. The van der Waals surface area contributed by atoms with E-state index in [2.05, 4.69) is 11.7 Å². The Morgan fingerprint density at radius 3 is 2.58 bits per heavy atom. The van der Waals surface area contributed by atoms with Crippen LogP contribution in [0.15, 0.2) is 41.4 Å². The van der Waals surface area contributed by atoms with E-state index in [0.29, 0.717) is 12.4 Å². The number of aliphatic imine (C=N–C) groups is 1. The van der Waals surface area contributed by atoms with Crippen molar-refractivity contribution in [3.63, 3.8) is 0 Å². The minimum absolute atomic E-state index is 0.301. The first kappa shape index (κ1) is 13.3. The summed E-state index contributed by atoms with van der Waals surface area (Å²) in [5, 5.41) is 0. The Morgan fingerprint density at radius 2 is 1.95 bits per heavy atom. The molecule has 0 unspecified atom stereocenters. The number of ether oxygens (including phenoxy) is 1. The minimum Gasteiger partial charge on any atom is -0.494 e. The Hall–Kier alpha value is -2.16. The van der Waals surface area contributed by atoms with Crippen LogP contribution < -0.4 is 4.74 Å². The van der Waals surface area contributed by atoms with Crippen molar-refractivity contribution in [1.29, 1.82) is 0 Å². The molecule has 2 aromatic carbocycles. The summed E-state index contributed by atoms with van der Waals surface area (Å²) in [6.07, 6.45) is 0. The van der Waals surface area contributed by atoms with Crippen molar-refractivity contribution >= 4 is 12.4 Å². The van der Waals surface area contributed by atoms with E-state index >= 15 is 0 Å². The lowest BCUT2D eigenvalue weighted by atomic mass is 10.0. The van der Waals surface area contributed by atoms with Gasteiger partial charge in [0.15, 0.2) is 0 Å². The fraction of sp³-hybridized carbons (Fsp3) is 0.188. The number of benzene rings is 2. The molecular weight excluding hydrogens is 241 g/mol. The van der Waals surface area contributed by atoms with E-state index in [4.69, 9.17) is 4.74 Å². The molecule has 0 radical (unpaired) electrons. The predicted molar refractivity (Wildman–Crippen MR) is 77.0 cm³/mol. The molecule has 0 spiro atoms. The van der Waals surface area contributed by atoms with Crippen LogP contribution in [0.25, 0.3) is 11.1 Å². The molecule has 0 amide bonds. The van der Waals surface area contributed by atoms with Gasteiger partial charge < -0.3 is 4.74 Å². The van der Waals surface area contributed by atoms with Gasteiger partial charge in [0.25, 0.3) is 0 Å². The summed E-state index contributed by atoms with van der Waals surface area (Å²) >= 11 is 0. The molecule has 2 aromatic rings. The predicted octanol–water partition coefficient (Wildman–Crippen LogP) is 4.53. The van der Waals surface area contributed by atoms with Gasteiger partial charge in [0.05, 0.1) is 12.3 Å². The lowest BCUT2D eigenvalue weighted by Crippen LogP contribution is -1.93. The Kier molecular flexibility index (Phi) is 3.95. The van der Waals surface area contributed by atoms with Crippen LogP contribution in [0.1, 0.15) is 12.5 Å². The molecule has 0 aromatic heterocycles. The molecule has 0 N–H and O–H groups in total. The summed E-state index contributed by atoms with van der Waals surface area (Å²) in [7, 11) is 0. The van der Waals surface area contributed by atoms with Crippen molar-refractivity contribution in [2.75, 3.05) is 6.61 Å². The average Bonchev–Trinajstić information content (AvgIpc) is 2.38. The van der Waals surface area contributed by atoms with Gasteiger partial charge in [-0.15, -0.1) is 0 Å². The Bertz CT molecular complexity index is 608. The Morgan fingerprint density at radius 1 is 1.16 bits per heavy atom. The largest absolute Gasteiger partial charge is 0.494 e. The SMILES string of the molecule is C=Nc1ccc(-c2cc(F)cc(OCC)c2)cc1C. The first-order valence-electron chi connectivity index (χ1n) is 6.15. The minimum atomic E-state index is -0.301. The highest BCUT2D eigenvalue weighted by atomic mass is 19.1. The van der Waals surface area contributed by atoms with Crippen LogP contribution in [-0.4, -0.2) is 13.3 Å². The van der Waals surface area contributed by atoms with Crippen molar-refractivity contribution in [3.8, 4) is 16.9 Å². The normalized spacial score (nSPS) is 10.3. The zero-order valence-electron chi connectivity index (χ0n) is 11.1. The molecule has 19 heavy (non-hydrogen) atoms. The number of aryl methyl sites for hydroxylation is 1. The van der Waals surface area contributed by atoms with Gasteiger partial charge in [-0.05, 0) is 61.5 Å². The molecular formula is C16H16FNO. The van der Waals surface area contributed by atoms with E-state index in [1.54, 1.807) is 0 Å². The van der Waals surface area contributed by atoms with Crippen molar-refractivity contribution in [3.05, 3.63) is 47.8 Å². The number of hydrogen-bond donors (Lipinski definition) is 0. The maximum atomic E-state index is 13.6. The zero-order valence-corrected chi connectivity index (χ0v) is 11.1. The van der Waals surface area contributed by atoms with Gasteiger partial charge in [0, 0.05) is 6.07 Å². The van der Waals surface area contributed by atoms with Crippen LogP contribution >= 0.6 is 0 Å². The molecule has 0 aliphatic rings. The first-order valence-corrected chi connectivity index (χ1v) is 6.15. The van der Waals surface area contributed by atoms with Crippen LogP contribution in [0.5, 0.6) is 5.75 Å². The van der Waals surface area contributed by atoms with Gasteiger partial charge in [0.1, 0.15) is 11.6 Å². The number of rotatable bonds is 4. The topological polar surface area (TPSA) is 21.6 Å². The van der Waals surface area contributed by atoms with Crippen molar-refractivity contribution < 1.29 is 9.13 Å². The number of nitrogens with zero attached hydrogens (tertiary/aromatic N) is 1. The maximum Gasteiger partial charge on any atom is 0.127 e. The van der Waals surface area contributed by atoms with Gasteiger partial charge >= 0.3 is 0 Å². The highest BCUT2D eigenvalue weighted by molar-refractivity contribution is 5.69. The quantitative estimate of drug-likeness (QED) is 0.737. The monoisotopic (exact) mass is 257 g/mol. The third kappa shape index (κ3) is 2.99. The molecule has 0 aliphatic heterocycles. The fourth-order valence-corrected chi connectivity index (χ4v) is 1.99. The van der Waals surface area contributed by atoms with Crippen molar-refractivity contribution in [1.82, 2.24) is 0 Å². The standard InChI is InChI=1S/C16H16FNO/c1-4-19-15-9-13(8-14(17)10-15)12-5-6-16(18-3)11(2)7-12/h5-10H,3-4H2,1-2H3. The van der Waals surface area contributed by atoms with Gasteiger partial charge in [-0.1, -0.05) is 6.07 Å². The van der Waals surface area contributed by atoms with Gasteiger partial charge in [-0.25, -0.2) is 4.39 Å². The molecule has 3 heteroatoms. The van der Waals surface area contributed by atoms with E-state index in [1.807, 2.05) is 38.1 Å². The van der Waals surface area contributed by atoms with Crippen LogP contribution in [0.3, 0.4) is 0 Å². The molecule has 0 heterocycles. The van der Waals surface area contributed by atoms with Gasteiger partial charge in [-0.3, -0.25) is 4.99 Å². The average molecular weight is 257 g/mol. The van der Waals surface area contributed by atoms with Crippen LogP contribution in [0, 0.1) is 12.7 Å². The second-order valence-corrected chi connectivity index (χ2v) is 4.27. The highest BCUT2D eigenvalue weighted by Crippen LogP contribution is 2.29. The van der Waals surface area contributed by atoms with Crippen LogP contribution in [0.4, 0.5) is 10.1 Å². The summed E-state index contributed by atoms with van der Waals surface area (Å²) in [6, 6.07) is 10.5. The Balaban J connectivity index is 2.46. The fourth-order valence-electron chi connectivity index (χ4n) is 1.99. The molecule has 98 valence electrons. The highest BCUT2D eigenvalue weighted by Gasteiger charge is 2.05. The van der Waals surface area contributed by atoms with E-state index in [9.17, 15) is 4.39 Å². The molecule has 0 saturated heterocycles. The molecule has 0 aliphatic carbocycles. The molecule has 0 fully saturated rings. The number of hydrogen-bond acceptors (Lipinski definition) is 2.